The summed E-state index contributed by atoms with van der Waals surface area (Å²) in [6.07, 6.45) is 0.601. The second-order valence-electron chi connectivity index (χ2n) is 9.83. The molecule has 3 amide bonds. The molecule has 5 rings (SSSR count). The van der Waals surface area contributed by atoms with Gasteiger partial charge < -0.3 is 24.4 Å². The number of methoxy groups -OCH3 is 2. The smallest absolute Gasteiger partial charge is 0.337 e. The highest BCUT2D eigenvalue weighted by atomic mass is 16.5. The Hall–Kier alpha value is -4.37. The van der Waals surface area contributed by atoms with Gasteiger partial charge in [0.15, 0.2) is 11.5 Å². The summed E-state index contributed by atoms with van der Waals surface area (Å²) >= 11 is 0. The second-order valence-corrected chi connectivity index (χ2v) is 9.83. The van der Waals surface area contributed by atoms with E-state index in [1.807, 2.05) is 72.5 Å². The van der Waals surface area contributed by atoms with E-state index in [0.717, 1.165) is 27.8 Å². The maximum absolute atomic E-state index is 12.8. The van der Waals surface area contributed by atoms with Crippen molar-refractivity contribution in [3.05, 3.63) is 82.9 Å². The summed E-state index contributed by atoms with van der Waals surface area (Å²) in [5.74, 6) is 1.25. The third-order valence-corrected chi connectivity index (χ3v) is 7.35. The quantitative estimate of drug-likeness (QED) is 0.522. The van der Waals surface area contributed by atoms with Crippen molar-refractivity contribution < 1.29 is 23.8 Å². The number of hydrazone groups is 1. The van der Waals surface area contributed by atoms with Crippen molar-refractivity contribution in [2.24, 2.45) is 5.10 Å². The number of urea groups is 1. The van der Waals surface area contributed by atoms with Gasteiger partial charge in [-0.15, -0.1) is 0 Å². The molecule has 3 aromatic rings. The van der Waals surface area contributed by atoms with Gasteiger partial charge in [-0.25, -0.2) is 9.80 Å². The summed E-state index contributed by atoms with van der Waals surface area (Å²) in [7, 11) is 4.81. The van der Waals surface area contributed by atoms with Crippen molar-refractivity contribution in [2.45, 2.75) is 19.4 Å². The highest BCUT2D eigenvalue weighted by Crippen LogP contribution is 2.35. The largest absolute Gasteiger partial charge is 0.493 e. The van der Waals surface area contributed by atoms with Crippen LogP contribution >= 0.6 is 0 Å². The van der Waals surface area contributed by atoms with Gasteiger partial charge in [0.1, 0.15) is 0 Å². The molecule has 40 heavy (non-hydrogen) atoms. The van der Waals surface area contributed by atoms with Gasteiger partial charge in [-0.3, -0.25) is 4.79 Å². The zero-order chi connectivity index (χ0) is 28.2. The van der Waals surface area contributed by atoms with Crippen LogP contribution in [0.25, 0.3) is 11.1 Å². The average molecular weight is 543 g/mol. The molecule has 0 bridgehead atoms. The Labute approximate surface area is 234 Å². The summed E-state index contributed by atoms with van der Waals surface area (Å²) in [5.41, 5.74) is 6.10. The Morgan fingerprint density at radius 1 is 0.900 bits per heavy atom. The maximum atomic E-state index is 12.8. The molecular weight excluding hydrogens is 508 g/mol. The van der Waals surface area contributed by atoms with Gasteiger partial charge in [0.2, 0.25) is 0 Å². The van der Waals surface area contributed by atoms with Crippen LogP contribution in [0.2, 0.25) is 0 Å². The molecule has 1 fully saturated rings. The standard InChI is InChI=1S/C31H34N4O5/c1-20-17-25-18-27(38-3)28(39-4)19-26(25)29(33-35(20)31(37)32-2)23-9-5-21(6-10-23)22-7-11-24(12-8-22)30(36)34-13-15-40-16-14-34/h5-12,18-20H,13-17H2,1-4H3,(H,32,37). The number of amides is 3. The van der Waals surface area contributed by atoms with Crippen LogP contribution in [0.4, 0.5) is 4.79 Å². The number of morpholine rings is 1. The van der Waals surface area contributed by atoms with E-state index in [1.165, 1.54) is 5.01 Å². The zero-order valence-corrected chi connectivity index (χ0v) is 23.3. The van der Waals surface area contributed by atoms with Crippen molar-refractivity contribution in [2.75, 3.05) is 47.6 Å². The first kappa shape index (κ1) is 27.2. The van der Waals surface area contributed by atoms with Crippen molar-refractivity contribution in [1.29, 1.82) is 0 Å². The Morgan fingerprint density at radius 2 is 1.48 bits per heavy atom. The van der Waals surface area contributed by atoms with Gasteiger partial charge in [0.25, 0.3) is 5.91 Å². The van der Waals surface area contributed by atoms with Crippen LogP contribution in [0.3, 0.4) is 0 Å². The van der Waals surface area contributed by atoms with E-state index >= 15 is 0 Å². The SMILES string of the molecule is CNC(=O)N1N=C(c2ccc(-c3ccc(C(=O)N4CCOCC4)cc3)cc2)c2cc(OC)c(OC)cc2CC1C. The Bertz CT molecular complexity index is 1410. The van der Waals surface area contributed by atoms with Crippen molar-refractivity contribution in [3.63, 3.8) is 0 Å². The average Bonchev–Trinajstić information content (AvgIpc) is 3.15. The minimum Gasteiger partial charge on any atom is -0.493 e. The number of nitrogens with one attached hydrogen (secondary N) is 1. The van der Waals surface area contributed by atoms with Crippen LogP contribution in [-0.2, 0) is 11.2 Å². The lowest BCUT2D eigenvalue weighted by atomic mass is 9.93. The fourth-order valence-electron chi connectivity index (χ4n) is 5.12. The summed E-state index contributed by atoms with van der Waals surface area (Å²) in [4.78, 5) is 27.4. The van der Waals surface area contributed by atoms with Gasteiger partial charge in [0.05, 0.1) is 39.2 Å². The maximum Gasteiger partial charge on any atom is 0.337 e. The van der Waals surface area contributed by atoms with Crippen molar-refractivity contribution >= 4 is 17.6 Å². The van der Waals surface area contributed by atoms with Crippen LogP contribution in [0.5, 0.6) is 11.5 Å². The Kier molecular flexibility index (Phi) is 8.02. The molecule has 1 N–H and O–H groups in total. The van der Waals surface area contributed by atoms with Crippen LogP contribution in [0, 0.1) is 0 Å². The number of rotatable bonds is 5. The topological polar surface area (TPSA) is 92.7 Å². The molecule has 3 aromatic carbocycles. The molecule has 1 saturated heterocycles. The number of carbonyl (C=O) groups is 2. The third kappa shape index (κ3) is 5.37. The molecule has 2 heterocycles. The van der Waals surface area contributed by atoms with E-state index in [0.29, 0.717) is 55.5 Å². The summed E-state index contributed by atoms with van der Waals surface area (Å²) in [6, 6.07) is 19.1. The molecule has 0 aromatic heterocycles. The third-order valence-electron chi connectivity index (χ3n) is 7.35. The number of hydrogen-bond donors (Lipinski definition) is 1. The number of hydrogen-bond acceptors (Lipinski definition) is 6. The molecule has 9 heteroatoms. The molecular formula is C31H34N4O5. The highest BCUT2D eigenvalue weighted by Gasteiger charge is 2.28. The zero-order valence-electron chi connectivity index (χ0n) is 23.3. The van der Waals surface area contributed by atoms with E-state index in [4.69, 9.17) is 19.3 Å². The molecule has 0 radical (unpaired) electrons. The number of ether oxygens (including phenoxy) is 3. The van der Waals surface area contributed by atoms with E-state index in [2.05, 4.69) is 5.32 Å². The number of benzene rings is 3. The van der Waals surface area contributed by atoms with E-state index in [1.54, 1.807) is 21.3 Å². The predicted molar refractivity (Wildman–Crippen MR) is 153 cm³/mol. The molecule has 1 unspecified atom stereocenters. The molecule has 208 valence electrons. The lowest BCUT2D eigenvalue weighted by Gasteiger charge is -2.26. The lowest BCUT2D eigenvalue weighted by molar-refractivity contribution is 0.0303. The van der Waals surface area contributed by atoms with E-state index < -0.39 is 0 Å². The van der Waals surface area contributed by atoms with Crippen LogP contribution in [0.15, 0.2) is 65.8 Å². The Morgan fingerprint density at radius 3 is 2.08 bits per heavy atom. The molecule has 0 aliphatic carbocycles. The van der Waals surface area contributed by atoms with Gasteiger partial charge in [0, 0.05) is 36.8 Å². The van der Waals surface area contributed by atoms with Gasteiger partial charge in [-0.1, -0.05) is 36.4 Å². The van der Waals surface area contributed by atoms with Gasteiger partial charge in [-0.05, 0) is 54.3 Å². The minimum atomic E-state index is -0.278. The second kappa shape index (κ2) is 11.8. The van der Waals surface area contributed by atoms with Crippen LogP contribution in [-0.4, -0.2) is 81.2 Å². The first-order chi connectivity index (χ1) is 19.4. The lowest BCUT2D eigenvalue weighted by Crippen LogP contribution is -2.41. The number of fused-ring (bicyclic) bond motifs is 1. The number of carbonyl (C=O) groups excluding carboxylic acids is 2. The fourth-order valence-corrected chi connectivity index (χ4v) is 5.12. The highest BCUT2D eigenvalue weighted by molar-refractivity contribution is 6.14. The first-order valence-electron chi connectivity index (χ1n) is 13.4. The first-order valence-corrected chi connectivity index (χ1v) is 13.4. The summed E-state index contributed by atoms with van der Waals surface area (Å²) < 4.78 is 16.5. The number of nitrogens with zero attached hydrogens (tertiary/aromatic N) is 3. The normalized spacial score (nSPS) is 16.9. The van der Waals surface area contributed by atoms with Crippen molar-refractivity contribution in [3.8, 4) is 22.6 Å². The monoisotopic (exact) mass is 542 g/mol. The van der Waals surface area contributed by atoms with Crippen molar-refractivity contribution in [1.82, 2.24) is 15.2 Å². The Balaban J connectivity index is 1.47. The summed E-state index contributed by atoms with van der Waals surface area (Å²) in [5, 5.41) is 9.03. The van der Waals surface area contributed by atoms with Crippen LogP contribution < -0.4 is 14.8 Å². The molecule has 2 aliphatic rings. The predicted octanol–water partition coefficient (Wildman–Crippen LogP) is 4.18. The molecule has 9 nitrogen and oxygen atoms in total. The summed E-state index contributed by atoms with van der Waals surface area (Å²) in [6.45, 7) is 4.35. The van der Waals surface area contributed by atoms with Gasteiger partial charge in [-0.2, -0.15) is 5.10 Å². The van der Waals surface area contributed by atoms with Gasteiger partial charge >= 0.3 is 6.03 Å². The molecule has 0 saturated carbocycles. The molecule has 2 aliphatic heterocycles. The van der Waals surface area contributed by atoms with E-state index in [-0.39, 0.29) is 18.0 Å². The molecule has 1 atom stereocenters. The van der Waals surface area contributed by atoms with E-state index in [9.17, 15) is 9.59 Å². The molecule has 0 spiro atoms. The minimum absolute atomic E-state index is 0.0252. The van der Waals surface area contributed by atoms with Crippen LogP contribution in [0.1, 0.15) is 34.0 Å². The fraction of sp³-hybridized carbons (Fsp3) is 0.323.